The third-order valence-corrected chi connectivity index (χ3v) is 2.73. The smallest absolute Gasteiger partial charge is 0.325 e. The maximum absolute atomic E-state index is 11.2. The Hall–Kier alpha value is -1.56. The van der Waals surface area contributed by atoms with E-state index in [4.69, 9.17) is 5.11 Å². The van der Waals surface area contributed by atoms with Gasteiger partial charge in [-0.3, -0.25) is 4.79 Å². The van der Waals surface area contributed by atoms with Gasteiger partial charge in [-0.05, 0) is 35.7 Å². The second-order valence-corrected chi connectivity index (χ2v) is 4.12. The van der Waals surface area contributed by atoms with E-state index in [0.717, 1.165) is 12.0 Å². The summed E-state index contributed by atoms with van der Waals surface area (Å²) in [5, 5.41) is 17.5. The Labute approximate surface area is 97.5 Å². The van der Waals surface area contributed by atoms with E-state index in [-0.39, 0.29) is 0 Å². The lowest BCUT2D eigenvalue weighted by atomic mass is 10.2. The standard InChI is InChI=1S/C10H14N2O3S/c1-7(9(13)14)12-10(15)11-4-2-8-3-5-16-6-8/h3,5-7H,2,4H2,1H3,(H,13,14)(H2,11,12,15)/t7-/m1/s1. The number of nitrogens with one attached hydrogen (secondary N) is 2. The third-order valence-electron chi connectivity index (χ3n) is 2.00. The highest BCUT2D eigenvalue weighted by Gasteiger charge is 2.12. The van der Waals surface area contributed by atoms with Crippen LogP contribution in [-0.2, 0) is 11.2 Å². The molecule has 0 radical (unpaired) electrons. The minimum atomic E-state index is -1.05. The first-order valence-corrected chi connectivity index (χ1v) is 5.82. The van der Waals surface area contributed by atoms with Gasteiger partial charge in [-0.1, -0.05) is 0 Å². The van der Waals surface area contributed by atoms with Crippen LogP contribution in [0.15, 0.2) is 16.8 Å². The lowest BCUT2D eigenvalue weighted by molar-refractivity contribution is -0.138. The van der Waals surface area contributed by atoms with Crippen LogP contribution in [0.3, 0.4) is 0 Å². The number of hydrogen-bond acceptors (Lipinski definition) is 3. The summed E-state index contributed by atoms with van der Waals surface area (Å²) in [6, 6.07) is 0.663. The minimum Gasteiger partial charge on any atom is -0.480 e. The molecule has 88 valence electrons. The molecule has 1 rings (SSSR count). The SMILES string of the molecule is C[C@@H](NC(=O)NCCc1ccsc1)C(=O)O. The average Bonchev–Trinajstić information content (AvgIpc) is 2.70. The number of urea groups is 1. The van der Waals surface area contributed by atoms with Crippen LogP contribution in [0.1, 0.15) is 12.5 Å². The molecule has 0 saturated carbocycles. The molecule has 0 aliphatic rings. The maximum Gasteiger partial charge on any atom is 0.325 e. The molecule has 16 heavy (non-hydrogen) atoms. The predicted octanol–water partition coefficient (Wildman–Crippen LogP) is 1.06. The number of carboxylic acid groups (broad SMARTS) is 1. The van der Waals surface area contributed by atoms with Crippen molar-refractivity contribution in [3.63, 3.8) is 0 Å². The fourth-order valence-corrected chi connectivity index (χ4v) is 1.77. The summed E-state index contributed by atoms with van der Waals surface area (Å²) < 4.78 is 0. The van der Waals surface area contributed by atoms with Crippen LogP contribution in [0.4, 0.5) is 4.79 Å². The molecule has 0 saturated heterocycles. The molecular formula is C10H14N2O3S. The quantitative estimate of drug-likeness (QED) is 0.722. The number of carboxylic acids is 1. The van der Waals surface area contributed by atoms with Crippen LogP contribution in [0.2, 0.25) is 0 Å². The van der Waals surface area contributed by atoms with E-state index in [1.807, 2.05) is 16.8 Å². The Morgan fingerprint density at radius 1 is 1.56 bits per heavy atom. The summed E-state index contributed by atoms with van der Waals surface area (Å²) in [6.45, 7) is 1.91. The molecule has 0 aromatic carbocycles. The summed E-state index contributed by atoms with van der Waals surface area (Å²) in [6.07, 6.45) is 0.748. The zero-order chi connectivity index (χ0) is 12.0. The Bertz CT molecular complexity index is 351. The van der Waals surface area contributed by atoms with Crippen LogP contribution in [0, 0.1) is 0 Å². The highest BCUT2D eigenvalue weighted by atomic mass is 32.1. The van der Waals surface area contributed by atoms with E-state index < -0.39 is 18.0 Å². The third kappa shape index (κ3) is 4.31. The number of hydrogen-bond donors (Lipinski definition) is 3. The maximum atomic E-state index is 11.2. The molecule has 0 spiro atoms. The molecule has 1 aromatic rings. The second-order valence-electron chi connectivity index (χ2n) is 3.34. The van der Waals surface area contributed by atoms with Gasteiger partial charge in [-0.15, -0.1) is 0 Å². The Balaban J connectivity index is 2.18. The van der Waals surface area contributed by atoms with E-state index in [1.54, 1.807) is 11.3 Å². The van der Waals surface area contributed by atoms with Crippen LogP contribution in [0.25, 0.3) is 0 Å². The molecule has 0 aliphatic heterocycles. The molecule has 1 heterocycles. The zero-order valence-electron chi connectivity index (χ0n) is 8.90. The zero-order valence-corrected chi connectivity index (χ0v) is 9.71. The normalized spacial score (nSPS) is 11.8. The fraction of sp³-hybridized carbons (Fsp3) is 0.400. The first kappa shape index (κ1) is 12.5. The molecule has 0 fully saturated rings. The van der Waals surface area contributed by atoms with Crippen molar-refractivity contribution < 1.29 is 14.7 Å². The van der Waals surface area contributed by atoms with E-state index in [1.165, 1.54) is 6.92 Å². The Kier molecular flexibility index (Phi) is 4.78. The Morgan fingerprint density at radius 2 is 2.31 bits per heavy atom. The van der Waals surface area contributed by atoms with Crippen molar-refractivity contribution in [3.8, 4) is 0 Å². The van der Waals surface area contributed by atoms with Gasteiger partial charge in [-0.2, -0.15) is 11.3 Å². The Morgan fingerprint density at radius 3 is 2.88 bits per heavy atom. The average molecular weight is 242 g/mol. The first-order valence-electron chi connectivity index (χ1n) is 4.88. The van der Waals surface area contributed by atoms with E-state index >= 15 is 0 Å². The van der Waals surface area contributed by atoms with Crippen molar-refractivity contribution in [2.24, 2.45) is 0 Å². The monoisotopic (exact) mass is 242 g/mol. The van der Waals surface area contributed by atoms with Gasteiger partial charge >= 0.3 is 12.0 Å². The van der Waals surface area contributed by atoms with Crippen LogP contribution in [-0.4, -0.2) is 29.7 Å². The summed E-state index contributed by atoms with van der Waals surface area (Å²) in [5.41, 5.74) is 1.16. The van der Waals surface area contributed by atoms with Crippen molar-refractivity contribution in [1.82, 2.24) is 10.6 Å². The molecule has 3 N–H and O–H groups in total. The number of rotatable bonds is 5. The van der Waals surface area contributed by atoms with Gasteiger partial charge in [0.25, 0.3) is 0 Å². The van der Waals surface area contributed by atoms with Crippen LogP contribution >= 0.6 is 11.3 Å². The molecule has 2 amide bonds. The summed E-state index contributed by atoms with van der Waals surface area (Å²) in [4.78, 5) is 21.7. The van der Waals surface area contributed by atoms with Crippen molar-refractivity contribution in [2.75, 3.05) is 6.54 Å². The van der Waals surface area contributed by atoms with Crippen molar-refractivity contribution in [2.45, 2.75) is 19.4 Å². The highest BCUT2D eigenvalue weighted by Crippen LogP contribution is 2.05. The van der Waals surface area contributed by atoms with Gasteiger partial charge in [0.05, 0.1) is 0 Å². The number of carbonyl (C=O) groups is 2. The van der Waals surface area contributed by atoms with Crippen molar-refractivity contribution >= 4 is 23.3 Å². The van der Waals surface area contributed by atoms with E-state index in [0.29, 0.717) is 6.54 Å². The van der Waals surface area contributed by atoms with Gasteiger partial charge < -0.3 is 15.7 Å². The predicted molar refractivity (Wildman–Crippen MR) is 61.7 cm³/mol. The molecule has 0 bridgehead atoms. The summed E-state index contributed by atoms with van der Waals surface area (Å²) in [5.74, 6) is -1.05. The molecule has 6 heteroatoms. The van der Waals surface area contributed by atoms with Crippen molar-refractivity contribution in [1.29, 1.82) is 0 Å². The van der Waals surface area contributed by atoms with Crippen LogP contribution in [0.5, 0.6) is 0 Å². The molecule has 1 aromatic heterocycles. The van der Waals surface area contributed by atoms with Crippen molar-refractivity contribution in [3.05, 3.63) is 22.4 Å². The summed E-state index contributed by atoms with van der Waals surface area (Å²) >= 11 is 1.61. The second kappa shape index (κ2) is 6.12. The fourth-order valence-electron chi connectivity index (χ4n) is 1.06. The van der Waals surface area contributed by atoms with Gasteiger partial charge in [0, 0.05) is 6.54 Å². The number of carbonyl (C=O) groups excluding carboxylic acids is 1. The largest absolute Gasteiger partial charge is 0.480 e. The molecular weight excluding hydrogens is 228 g/mol. The number of thiophene rings is 1. The minimum absolute atomic E-state index is 0.454. The van der Waals surface area contributed by atoms with Gasteiger partial charge in [0.1, 0.15) is 6.04 Å². The number of amides is 2. The van der Waals surface area contributed by atoms with E-state index in [9.17, 15) is 9.59 Å². The molecule has 5 nitrogen and oxygen atoms in total. The van der Waals surface area contributed by atoms with Gasteiger partial charge in [0.15, 0.2) is 0 Å². The highest BCUT2D eigenvalue weighted by molar-refractivity contribution is 7.07. The van der Waals surface area contributed by atoms with Crippen LogP contribution < -0.4 is 10.6 Å². The lowest BCUT2D eigenvalue weighted by Gasteiger charge is -2.10. The van der Waals surface area contributed by atoms with Gasteiger partial charge in [-0.25, -0.2) is 4.79 Å². The lowest BCUT2D eigenvalue weighted by Crippen LogP contribution is -2.44. The topological polar surface area (TPSA) is 78.4 Å². The number of aliphatic carboxylic acids is 1. The van der Waals surface area contributed by atoms with E-state index in [2.05, 4.69) is 10.6 Å². The van der Waals surface area contributed by atoms with Gasteiger partial charge in [0.2, 0.25) is 0 Å². The first-order chi connectivity index (χ1) is 7.59. The molecule has 1 atom stereocenters. The summed E-state index contributed by atoms with van der Waals surface area (Å²) in [7, 11) is 0. The molecule has 0 aliphatic carbocycles. The molecule has 0 unspecified atom stereocenters.